The molecule has 1 N–H and O–H groups in total. The van der Waals surface area contributed by atoms with Gasteiger partial charge >= 0.3 is 0 Å². The summed E-state index contributed by atoms with van der Waals surface area (Å²) in [5.74, 6) is 0.526. The molecule has 1 atom stereocenters. The van der Waals surface area contributed by atoms with Crippen molar-refractivity contribution in [2.24, 2.45) is 0 Å². The summed E-state index contributed by atoms with van der Waals surface area (Å²) in [7, 11) is 2.07. The molecule has 0 bridgehead atoms. The van der Waals surface area contributed by atoms with Crippen LogP contribution in [-0.2, 0) is 5.54 Å². The Hall–Kier alpha value is -0.410. The lowest BCUT2D eigenvalue weighted by molar-refractivity contribution is 0.309. The van der Waals surface area contributed by atoms with Crippen LogP contribution in [0.1, 0.15) is 70.0 Å². The highest BCUT2D eigenvalue weighted by molar-refractivity contribution is 7.09. The van der Waals surface area contributed by atoms with Crippen LogP contribution < -0.4 is 5.32 Å². The topological polar surface area (TPSA) is 24.9 Å². The molecule has 1 aromatic heterocycles. The molecule has 0 radical (unpaired) electrons. The molecule has 0 aromatic carbocycles. The molecule has 1 rings (SSSR count). The number of hydrogen-bond donors (Lipinski definition) is 1. The molecule has 0 saturated carbocycles. The first-order valence-corrected chi connectivity index (χ1v) is 7.62. The maximum atomic E-state index is 4.83. The summed E-state index contributed by atoms with van der Waals surface area (Å²) in [6.07, 6.45) is 4.78. The molecule has 17 heavy (non-hydrogen) atoms. The van der Waals surface area contributed by atoms with Gasteiger partial charge < -0.3 is 5.32 Å². The van der Waals surface area contributed by atoms with Gasteiger partial charge in [-0.1, -0.05) is 40.5 Å². The number of thiazole rings is 1. The number of unbranched alkanes of at least 4 members (excludes halogenated alkanes) is 1. The summed E-state index contributed by atoms with van der Waals surface area (Å²) in [6, 6.07) is 0. The van der Waals surface area contributed by atoms with Gasteiger partial charge in [0.25, 0.3) is 0 Å². The molecule has 0 fully saturated rings. The fraction of sp³-hybridized carbons (Fsp3) is 0.786. The molecule has 1 aromatic rings. The summed E-state index contributed by atoms with van der Waals surface area (Å²) in [5.41, 5.74) is 1.32. The molecule has 0 spiro atoms. The van der Waals surface area contributed by atoms with Crippen molar-refractivity contribution in [1.82, 2.24) is 10.3 Å². The average Bonchev–Trinajstić information content (AvgIpc) is 2.81. The van der Waals surface area contributed by atoms with E-state index in [0.717, 1.165) is 6.42 Å². The number of hydrogen-bond acceptors (Lipinski definition) is 3. The Morgan fingerprint density at radius 2 is 2.12 bits per heavy atom. The van der Waals surface area contributed by atoms with Crippen molar-refractivity contribution < 1.29 is 0 Å². The van der Waals surface area contributed by atoms with Crippen molar-refractivity contribution in [3.05, 3.63) is 16.1 Å². The van der Waals surface area contributed by atoms with E-state index in [1.807, 2.05) is 11.3 Å². The first kappa shape index (κ1) is 14.7. The Kier molecular flexibility index (Phi) is 5.60. The number of nitrogens with one attached hydrogen (secondary N) is 1. The standard InChI is InChI=1S/C14H26N2S/c1-6-8-9-14(7-2,15-5)13-16-12(10-17-13)11(3)4/h10-11,15H,6-9H2,1-5H3. The van der Waals surface area contributed by atoms with Crippen LogP contribution in [0.3, 0.4) is 0 Å². The molecule has 2 nitrogen and oxygen atoms in total. The molecular weight excluding hydrogens is 228 g/mol. The van der Waals surface area contributed by atoms with Crippen LogP contribution in [0.5, 0.6) is 0 Å². The van der Waals surface area contributed by atoms with E-state index >= 15 is 0 Å². The van der Waals surface area contributed by atoms with E-state index in [9.17, 15) is 0 Å². The average molecular weight is 254 g/mol. The van der Waals surface area contributed by atoms with Crippen LogP contribution >= 0.6 is 11.3 Å². The predicted molar refractivity (Wildman–Crippen MR) is 76.8 cm³/mol. The number of rotatable bonds is 7. The lowest BCUT2D eigenvalue weighted by atomic mass is 9.90. The minimum Gasteiger partial charge on any atom is -0.308 e. The third-order valence-electron chi connectivity index (χ3n) is 3.56. The van der Waals surface area contributed by atoms with Crippen molar-refractivity contribution in [3.63, 3.8) is 0 Å². The maximum absolute atomic E-state index is 4.83. The molecule has 1 heterocycles. The lowest BCUT2D eigenvalue weighted by Crippen LogP contribution is -2.39. The Morgan fingerprint density at radius 1 is 1.41 bits per heavy atom. The fourth-order valence-electron chi connectivity index (χ4n) is 2.09. The van der Waals surface area contributed by atoms with Gasteiger partial charge in [-0.2, -0.15) is 0 Å². The highest BCUT2D eigenvalue weighted by Gasteiger charge is 2.31. The van der Waals surface area contributed by atoms with Crippen molar-refractivity contribution in [1.29, 1.82) is 0 Å². The normalized spacial score (nSPS) is 15.2. The molecule has 3 heteroatoms. The van der Waals surface area contributed by atoms with Crippen LogP contribution in [0.4, 0.5) is 0 Å². The molecule has 0 aliphatic rings. The van der Waals surface area contributed by atoms with E-state index in [0.29, 0.717) is 5.92 Å². The summed E-state index contributed by atoms with van der Waals surface area (Å²) in [6.45, 7) is 8.91. The Morgan fingerprint density at radius 3 is 2.53 bits per heavy atom. The maximum Gasteiger partial charge on any atom is 0.113 e. The van der Waals surface area contributed by atoms with E-state index in [1.165, 1.54) is 30.0 Å². The fourth-order valence-corrected chi connectivity index (χ4v) is 3.38. The van der Waals surface area contributed by atoms with Gasteiger partial charge in [-0.05, 0) is 25.8 Å². The van der Waals surface area contributed by atoms with Gasteiger partial charge in [-0.25, -0.2) is 4.98 Å². The van der Waals surface area contributed by atoms with Gasteiger partial charge in [0.15, 0.2) is 0 Å². The molecule has 0 saturated heterocycles. The Labute approximate surface area is 110 Å². The Balaban J connectivity index is 2.95. The van der Waals surface area contributed by atoms with Crippen LogP contribution in [0, 0.1) is 0 Å². The van der Waals surface area contributed by atoms with E-state index in [2.05, 4.69) is 45.4 Å². The molecule has 1 unspecified atom stereocenters. The van der Waals surface area contributed by atoms with Crippen LogP contribution in [0.2, 0.25) is 0 Å². The lowest BCUT2D eigenvalue weighted by Gasteiger charge is -2.30. The molecule has 98 valence electrons. The predicted octanol–water partition coefficient (Wildman–Crippen LogP) is 4.28. The smallest absolute Gasteiger partial charge is 0.113 e. The first-order valence-electron chi connectivity index (χ1n) is 6.74. The van der Waals surface area contributed by atoms with Crippen molar-refractivity contribution >= 4 is 11.3 Å². The zero-order valence-corrected chi connectivity index (χ0v) is 12.7. The molecule has 0 aliphatic heterocycles. The summed E-state index contributed by atoms with van der Waals surface area (Å²) < 4.78 is 0. The van der Waals surface area contributed by atoms with Crippen LogP contribution in [0.15, 0.2) is 5.38 Å². The van der Waals surface area contributed by atoms with Gasteiger partial charge in [-0.3, -0.25) is 0 Å². The van der Waals surface area contributed by atoms with Gasteiger partial charge in [0.05, 0.1) is 11.2 Å². The summed E-state index contributed by atoms with van der Waals surface area (Å²) in [5, 5.41) is 7.00. The zero-order valence-electron chi connectivity index (χ0n) is 11.8. The molecule has 0 amide bonds. The van der Waals surface area contributed by atoms with Crippen molar-refractivity contribution in [2.75, 3.05) is 7.05 Å². The largest absolute Gasteiger partial charge is 0.308 e. The summed E-state index contributed by atoms with van der Waals surface area (Å²) in [4.78, 5) is 4.83. The van der Waals surface area contributed by atoms with Crippen molar-refractivity contribution in [2.45, 2.75) is 64.8 Å². The van der Waals surface area contributed by atoms with Gasteiger partial charge in [0.1, 0.15) is 5.01 Å². The second kappa shape index (κ2) is 6.50. The van der Waals surface area contributed by atoms with Gasteiger partial charge in [0, 0.05) is 5.38 Å². The Bertz CT molecular complexity index is 327. The minimum atomic E-state index is 0.0911. The molecular formula is C14H26N2S. The van der Waals surface area contributed by atoms with Gasteiger partial charge in [0.2, 0.25) is 0 Å². The van der Waals surface area contributed by atoms with Crippen LogP contribution in [-0.4, -0.2) is 12.0 Å². The van der Waals surface area contributed by atoms with E-state index in [1.54, 1.807) is 0 Å². The van der Waals surface area contributed by atoms with E-state index in [-0.39, 0.29) is 5.54 Å². The zero-order chi connectivity index (χ0) is 12.9. The SMILES string of the molecule is CCCCC(CC)(NC)c1nc(C(C)C)cs1. The third kappa shape index (κ3) is 3.29. The minimum absolute atomic E-state index is 0.0911. The highest BCUT2D eigenvalue weighted by Crippen LogP contribution is 2.33. The second-order valence-corrected chi connectivity index (χ2v) is 5.88. The van der Waals surface area contributed by atoms with Crippen molar-refractivity contribution in [3.8, 4) is 0 Å². The molecule has 0 aliphatic carbocycles. The number of aromatic nitrogens is 1. The quantitative estimate of drug-likeness (QED) is 0.785. The van der Waals surface area contributed by atoms with E-state index in [4.69, 9.17) is 4.98 Å². The van der Waals surface area contributed by atoms with Crippen LogP contribution in [0.25, 0.3) is 0 Å². The van der Waals surface area contributed by atoms with Gasteiger partial charge in [-0.15, -0.1) is 11.3 Å². The summed E-state index contributed by atoms with van der Waals surface area (Å²) >= 11 is 1.81. The second-order valence-electron chi connectivity index (χ2n) is 5.02. The first-order chi connectivity index (χ1) is 8.09. The number of nitrogens with zero attached hydrogens (tertiary/aromatic N) is 1. The third-order valence-corrected chi connectivity index (χ3v) is 4.63. The monoisotopic (exact) mass is 254 g/mol. The van der Waals surface area contributed by atoms with E-state index < -0.39 is 0 Å². The highest BCUT2D eigenvalue weighted by atomic mass is 32.1.